The van der Waals surface area contributed by atoms with Crippen LogP contribution < -0.4 is 15.4 Å². The Morgan fingerprint density at radius 1 is 1.08 bits per heavy atom. The number of ether oxygens (including phenoxy) is 1. The number of methoxy groups -OCH3 is 1. The molecule has 6 nitrogen and oxygen atoms in total. The van der Waals surface area contributed by atoms with Crippen molar-refractivity contribution in [3.63, 3.8) is 0 Å². The molecule has 0 saturated carbocycles. The number of rotatable bonds is 3. The van der Waals surface area contributed by atoms with Crippen molar-refractivity contribution >= 4 is 11.7 Å². The Bertz CT molecular complexity index is 866. The van der Waals surface area contributed by atoms with Gasteiger partial charge in [0, 0.05) is 11.9 Å². The van der Waals surface area contributed by atoms with Crippen LogP contribution >= 0.6 is 0 Å². The lowest BCUT2D eigenvalue weighted by Crippen LogP contribution is -2.14. The first kappa shape index (κ1) is 15.5. The first-order chi connectivity index (χ1) is 11.7. The number of para-hydroxylation sites is 1. The number of carbonyl (C=O) groups excluding carboxylic acids is 1. The molecule has 1 N–H and O–H groups in total. The molecule has 0 aliphatic heterocycles. The van der Waals surface area contributed by atoms with E-state index in [-0.39, 0.29) is 0 Å². The van der Waals surface area contributed by atoms with E-state index in [4.69, 9.17) is 4.74 Å². The second kappa shape index (κ2) is 7.23. The summed E-state index contributed by atoms with van der Waals surface area (Å²) >= 11 is 0. The smallest absolute Gasteiger partial charge is 0.345 e. The van der Waals surface area contributed by atoms with Crippen LogP contribution in [0.2, 0.25) is 0 Å². The van der Waals surface area contributed by atoms with Crippen molar-refractivity contribution in [2.75, 3.05) is 12.4 Å². The quantitative estimate of drug-likeness (QED) is 0.806. The van der Waals surface area contributed by atoms with E-state index in [1.54, 1.807) is 54.5 Å². The van der Waals surface area contributed by atoms with Crippen LogP contribution in [0.25, 0.3) is 5.69 Å². The molecule has 0 aliphatic carbocycles. The second-order valence-corrected chi connectivity index (χ2v) is 4.94. The van der Waals surface area contributed by atoms with Gasteiger partial charge < -0.3 is 10.1 Å². The highest BCUT2D eigenvalue weighted by atomic mass is 16.5. The van der Waals surface area contributed by atoms with Crippen LogP contribution in [0, 0.1) is 0 Å². The fraction of sp³-hybridized carbons (Fsp3) is 0.0556. The average Bonchev–Trinajstić information content (AvgIpc) is 2.64. The number of carbonyl (C=O) groups is 1. The summed E-state index contributed by atoms with van der Waals surface area (Å²) in [6.45, 7) is 0. The van der Waals surface area contributed by atoms with Gasteiger partial charge in [0.05, 0.1) is 24.4 Å². The van der Waals surface area contributed by atoms with E-state index in [9.17, 15) is 4.79 Å². The predicted molar refractivity (Wildman–Crippen MR) is 91.1 cm³/mol. The minimum Gasteiger partial charge on any atom is -0.497 e. The molecule has 120 valence electrons. The minimum atomic E-state index is -0.459. The van der Waals surface area contributed by atoms with Gasteiger partial charge in [-0.15, -0.1) is 0 Å². The molecular weight excluding hydrogens is 304 g/mol. The lowest BCUT2D eigenvalue weighted by molar-refractivity contribution is 0.259. The van der Waals surface area contributed by atoms with E-state index in [1.807, 2.05) is 30.3 Å². The molecule has 2 amide bonds. The molecule has 0 saturated heterocycles. The van der Waals surface area contributed by atoms with Gasteiger partial charge in [0.15, 0.2) is 0 Å². The van der Waals surface area contributed by atoms with Crippen molar-refractivity contribution in [1.29, 1.82) is 0 Å². The molecule has 3 aromatic rings. The van der Waals surface area contributed by atoms with E-state index in [2.05, 4.69) is 15.4 Å². The Hall–Kier alpha value is -3.41. The lowest BCUT2D eigenvalue weighted by atomic mass is 10.3. The maximum atomic E-state index is 11.9. The number of nitrogens with one attached hydrogen (secondary N) is 1. The normalized spacial score (nSPS) is 11.1. The van der Waals surface area contributed by atoms with E-state index in [1.165, 1.54) is 0 Å². The van der Waals surface area contributed by atoms with Crippen LogP contribution in [0.1, 0.15) is 0 Å². The third kappa shape index (κ3) is 3.86. The van der Waals surface area contributed by atoms with Crippen molar-refractivity contribution < 1.29 is 9.53 Å². The van der Waals surface area contributed by atoms with Gasteiger partial charge in [-0.05, 0) is 42.5 Å². The van der Waals surface area contributed by atoms with Gasteiger partial charge in [0.1, 0.15) is 5.75 Å². The third-order valence-corrected chi connectivity index (χ3v) is 3.29. The number of hydrogen-bond donors (Lipinski definition) is 1. The van der Waals surface area contributed by atoms with Gasteiger partial charge in [-0.3, -0.25) is 0 Å². The summed E-state index contributed by atoms with van der Waals surface area (Å²) in [6, 6.07) is 18.0. The first-order valence-corrected chi connectivity index (χ1v) is 7.35. The van der Waals surface area contributed by atoms with Gasteiger partial charge in [-0.2, -0.15) is 10.1 Å². The molecule has 24 heavy (non-hydrogen) atoms. The van der Waals surface area contributed by atoms with Gasteiger partial charge in [0.25, 0.3) is 0 Å². The number of hydrogen-bond acceptors (Lipinski definition) is 3. The highest BCUT2D eigenvalue weighted by molar-refractivity contribution is 5.89. The van der Waals surface area contributed by atoms with Gasteiger partial charge in [-0.1, -0.05) is 18.2 Å². The molecule has 1 heterocycles. The molecule has 0 spiro atoms. The number of aromatic nitrogens is 2. The van der Waals surface area contributed by atoms with Crippen LogP contribution in [-0.4, -0.2) is 22.9 Å². The molecule has 0 bridgehead atoms. The number of amides is 2. The zero-order valence-corrected chi connectivity index (χ0v) is 13.1. The Labute approximate surface area is 139 Å². The number of nitrogens with zero attached hydrogens (tertiary/aromatic N) is 3. The summed E-state index contributed by atoms with van der Waals surface area (Å²) in [5, 5.41) is 7.43. The topological polar surface area (TPSA) is 68.5 Å². The second-order valence-electron chi connectivity index (χ2n) is 4.94. The van der Waals surface area contributed by atoms with Crippen LogP contribution in [0.5, 0.6) is 5.75 Å². The minimum absolute atomic E-state index is 0.459. The van der Waals surface area contributed by atoms with Gasteiger partial charge in [-0.25, -0.2) is 9.48 Å². The summed E-state index contributed by atoms with van der Waals surface area (Å²) in [5.41, 5.74) is 1.58. The van der Waals surface area contributed by atoms with E-state index in [0.29, 0.717) is 11.0 Å². The van der Waals surface area contributed by atoms with Gasteiger partial charge >= 0.3 is 6.03 Å². The summed E-state index contributed by atoms with van der Waals surface area (Å²) < 4.78 is 6.78. The number of anilines is 1. The Morgan fingerprint density at radius 2 is 1.83 bits per heavy atom. The van der Waals surface area contributed by atoms with Crippen molar-refractivity contribution in [2.24, 2.45) is 4.99 Å². The summed E-state index contributed by atoms with van der Waals surface area (Å²) in [7, 11) is 1.59. The summed E-state index contributed by atoms with van der Waals surface area (Å²) in [6.07, 6.45) is 3.30. The fourth-order valence-electron chi connectivity index (χ4n) is 2.09. The van der Waals surface area contributed by atoms with E-state index >= 15 is 0 Å². The molecule has 2 aromatic carbocycles. The average molecular weight is 320 g/mol. The molecular formula is C18H16N4O2. The van der Waals surface area contributed by atoms with Crippen LogP contribution in [-0.2, 0) is 0 Å². The van der Waals surface area contributed by atoms with Crippen molar-refractivity contribution in [3.8, 4) is 11.4 Å². The van der Waals surface area contributed by atoms with Crippen molar-refractivity contribution in [3.05, 3.63) is 78.4 Å². The van der Waals surface area contributed by atoms with Gasteiger partial charge in [0.2, 0.25) is 0 Å². The fourth-order valence-corrected chi connectivity index (χ4v) is 2.09. The standard InChI is InChI=1S/C18H16N4O2/c1-24-17-9-7-14(8-10-17)20-18(23)21-15-11-12-22(19-13-15)16-5-3-2-4-6-16/h2-13H,1H3,(H,20,23). The number of benzene rings is 2. The highest BCUT2D eigenvalue weighted by Crippen LogP contribution is 2.14. The Kier molecular flexibility index (Phi) is 4.67. The molecule has 3 rings (SSSR count). The van der Waals surface area contributed by atoms with E-state index in [0.717, 1.165) is 11.4 Å². The highest BCUT2D eigenvalue weighted by Gasteiger charge is 2.00. The van der Waals surface area contributed by atoms with Crippen molar-refractivity contribution in [1.82, 2.24) is 9.78 Å². The Balaban J connectivity index is 1.72. The maximum Gasteiger partial charge on any atom is 0.345 e. The largest absolute Gasteiger partial charge is 0.497 e. The molecule has 0 radical (unpaired) electrons. The Morgan fingerprint density at radius 3 is 2.46 bits per heavy atom. The van der Waals surface area contributed by atoms with Crippen LogP contribution in [0.15, 0.2) is 78.0 Å². The molecule has 0 aliphatic rings. The van der Waals surface area contributed by atoms with Crippen LogP contribution in [0.4, 0.5) is 10.5 Å². The zero-order chi connectivity index (χ0) is 16.8. The van der Waals surface area contributed by atoms with Crippen molar-refractivity contribution in [2.45, 2.75) is 0 Å². The van der Waals surface area contributed by atoms with Crippen LogP contribution in [0.3, 0.4) is 0 Å². The molecule has 0 atom stereocenters. The SMILES string of the molecule is COc1ccc(NC(=O)N=c2ccn(-c3ccccc3)nc2)cc1. The molecule has 1 aromatic heterocycles. The molecule has 0 fully saturated rings. The molecule has 6 heteroatoms. The summed E-state index contributed by atoms with van der Waals surface area (Å²) in [4.78, 5) is 15.9. The third-order valence-electron chi connectivity index (χ3n) is 3.29. The summed E-state index contributed by atoms with van der Waals surface area (Å²) in [5.74, 6) is 0.725. The maximum absolute atomic E-state index is 11.9. The zero-order valence-electron chi connectivity index (χ0n) is 13.1. The number of urea groups is 1. The monoisotopic (exact) mass is 320 g/mol. The lowest BCUT2D eigenvalue weighted by Gasteiger charge is -2.04. The molecule has 0 unspecified atom stereocenters. The predicted octanol–water partition coefficient (Wildman–Crippen LogP) is 3.01. The van der Waals surface area contributed by atoms with E-state index < -0.39 is 6.03 Å². The first-order valence-electron chi connectivity index (χ1n) is 7.35.